The van der Waals surface area contributed by atoms with E-state index < -0.39 is 0 Å². The summed E-state index contributed by atoms with van der Waals surface area (Å²) in [6, 6.07) is 0. The number of ketones is 1. The number of nitrogens with two attached hydrogens (primary N) is 1. The molecule has 2 rings (SSSR count). The Kier molecular flexibility index (Phi) is 4.53. The topological polar surface area (TPSA) is 93.8 Å². The molecule has 0 amide bonds. The van der Waals surface area contributed by atoms with Crippen LogP contribution in [-0.2, 0) is 0 Å². The van der Waals surface area contributed by atoms with Gasteiger partial charge in [-0.3, -0.25) is 9.78 Å². The number of thiazole rings is 1. The van der Waals surface area contributed by atoms with Crippen molar-refractivity contribution in [3.63, 3.8) is 0 Å². The summed E-state index contributed by atoms with van der Waals surface area (Å²) in [7, 11) is 0. The van der Waals surface area contributed by atoms with Crippen molar-refractivity contribution < 1.29 is 4.79 Å². The largest absolute Gasteiger partial charge is 0.361 e. The monoisotopic (exact) mass is 277 g/mol. The number of aromatic nitrogens is 3. The van der Waals surface area contributed by atoms with Crippen LogP contribution in [0, 0.1) is 6.92 Å². The zero-order chi connectivity index (χ0) is 13.7. The van der Waals surface area contributed by atoms with Crippen LogP contribution in [0.3, 0.4) is 0 Å². The molecule has 0 aliphatic heterocycles. The quantitative estimate of drug-likeness (QED) is 0.609. The Hall–Kier alpha value is -1.86. The standard InChI is InChI=1S/C12H15N5OS/c1-8-10(15-6-5-14-8)11(18)9-7-17-12(19-9)16-4-2-3-13/h5-7H,2-4,13H2,1H3,(H,16,17). The molecule has 100 valence electrons. The predicted molar refractivity (Wildman–Crippen MR) is 74.5 cm³/mol. The second-order valence-corrected chi connectivity index (χ2v) is 4.95. The fourth-order valence-corrected chi connectivity index (χ4v) is 2.29. The number of hydrogen-bond donors (Lipinski definition) is 2. The molecule has 0 saturated carbocycles. The molecular weight excluding hydrogens is 262 g/mol. The highest BCUT2D eigenvalue weighted by atomic mass is 32.1. The van der Waals surface area contributed by atoms with Gasteiger partial charge < -0.3 is 11.1 Å². The lowest BCUT2D eigenvalue weighted by molar-refractivity contribution is 0.103. The van der Waals surface area contributed by atoms with Gasteiger partial charge in [0.15, 0.2) is 5.13 Å². The molecule has 7 heteroatoms. The lowest BCUT2D eigenvalue weighted by atomic mass is 10.2. The van der Waals surface area contributed by atoms with Crippen LogP contribution in [-0.4, -0.2) is 33.8 Å². The number of rotatable bonds is 6. The van der Waals surface area contributed by atoms with E-state index in [-0.39, 0.29) is 5.78 Å². The third-order valence-electron chi connectivity index (χ3n) is 2.48. The van der Waals surface area contributed by atoms with Gasteiger partial charge in [-0.2, -0.15) is 0 Å². The van der Waals surface area contributed by atoms with Crippen molar-refractivity contribution in [2.75, 3.05) is 18.4 Å². The van der Waals surface area contributed by atoms with Crippen molar-refractivity contribution in [2.24, 2.45) is 5.73 Å². The Bertz CT molecular complexity index is 569. The maximum Gasteiger partial charge on any atom is 0.224 e. The SMILES string of the molecule is Cc1nccnc1C(=O)c1cnc(NCCCN)s1. The summed E-state index contributed by atoms with van der Waals surface area (Å²) in [5.41, 5.74) is 6.41. The van der Waals surface area contributed by atoms with Gasteiger partial charge in [0.05, 0.1) is 16.8 Å². The van der Waals surface area contributed by atoms with Gasteiger partial charge in [0, 0.05) is 18.9 Å². The summed E-state index contributed by atoms with van der Waals surface area (Å²) in [5, 5.41) is 3.85. The maximum atomic E-state index is 12.2. The zero-order valence-electron chi connectivity index (χ0n) is 10.6. The van der Waals surface area contributed by atoms with E-state index in [2.05, 4.69) is 20.3 Å². The van der Waals surface area contributed by atoms with Crippen LogP contribution in [0.2, 0.25) is 0 Å². The second kappa shape index (κ2) is 6.35. The summed E-state index contributed by atoms with van der Waals surface area (Å²) in [4.78, 5) is 25.1. The number of carbonyl (C=O) groups is 1. The molecule has 0 aliphatic carbocycles. The van der Waals surface area contributed by atoms with E-state index in [4.69, 9.17) is 5.73 Å². The first-order valence-corrected chi connectivity index (χ1v) is 6.76. The third kappa shape index (κ3) is 3.33. The molecular formula is C12H15N5OS. The van der Waals surface area contributed by atoms with Crippen molar-refractivity contribution in [1.29, 1.82) is 0 Å². The minimum Gasteiger partial charge on any atom is -0.361 e. The molecule has 0 unspecified atom stereocenters. The van der Waals surface area contributed by atoms with E-state index in [1.165, 1.54) is 17.5 Å². The van der Waals surface area contributed by atoms with E-state index in [9.17, 15) is 4.79 Å². The maximum absolute atomic E-state index is 12.2. The fourth-order valence-electron chi connectivity index (χ4n) is 1.51. The Morgan fingerprint density at radius 3 is 2.89 bits per heavy atom. The van der Waals surface area contributed by atoms with E-state index in [1.807, 2.05) is 0 Å². The van der Waals surface area contributed by atoms with Gasteiger partial charge in [0.25, 0.3) is 0 Å². The molecule has 19 heavy (non-hydrogen) atoms. The van der Waals surface area contributed by atoms with Gasteiger partial charge in [-0.25, -0.2) is 9.97 Å². The average molecular weight is 277 g/mol. The molecule has 0 fully saturated rings. The van der Waals surface area contributed by atoms with Gasteiger partial charge in [0.1, 0.15) is 5.69 Å². The summed E-state index contributed by atoms with van der Waals surface area (Å²) in [6.07, 6.45) is 5.51. The fraction of sp³-hybridized carbons (Fsp3) is 0.333. The average Bonchev–Trinajstić information content (AvgIpc) is 2.88. The van der Waals surface area contributed by atoms with Crippen LogP contribution < -0.4 is 11.1 Å². The number of anilines is 1. The van der Waals surface area contributed by atoms with Crippen LogP contribution in [0.25, 0.3) is 0 Å². The molecule has 2 aromatic rings. The predicted octanol–water partition coefficient (Wildman–Crippen LogP) is 1.23. The van der Waals surface area contributed by atoms with E-state index >= 15 is 0 Å². The van der Waals surface area contributed by atoms with E-state index in [0.29, 0.717) is 22.8 Å². The molecule has 0 bridgehead atoms. The van der Waals surface area contributed by atoms with Gasteiger partial charge in [-0.15, -0.1) is 0 Å². The van der Waals surface area contributed by atoms with Gasteiger partial charge in [0.2, 0.25) is 5.78 Å². The van der Waals surface area contributed by atoms with Crippen LogP contribution in [0.4, 0.5) is 5.13 Å². The van der Waals surface area contributed by atoms with Gasteiger partial charge in [-0.05, 0) is 19.9 Å². The summed E-state index contributed by atoms with van der Waals surface area (Å²) < 4.78 is 0. The Labute approximate surface area is 115 Å². The summed E-state index contributed by atoms with van der Waals surface area (Å²) >= 11 is 1.31. The van der Waals surface area contributed by atoms with E-state index in [0.717, 1.165) is 18.1 Å². The number of aryl methyl sites for hydroxylation is 1. The van der Waals surface area contributed by atoms with Crippen molar-refractivity contribution >= 4 is 22.3 Å². The Morgan fingerprint density at radius 2 is 2.16 bits per heavy atom. The molecule has 6 nitrogen and oxygen atoms in total. The summed E-state index contributed by atoms with van der Waals surface area (Å²) in [5.74, 6) is -0.144. The van der Waals surface area contributed by atoms with E-state index in [1.54, 1.807) is 19.3 Å². The highest BCUT2D eigenvalue weighted by molar-refractivity contribution is 7.17. The highest BCUT2D eigenvalue weighted by Gasteiger charge is 2.16. The molecule has 0 atom stereocenters. The Balaban J connectivity index is 2.10. The molecule has 0 saturated heterocycles. The van der Waals surface area contributed by atoms with Crippen LogP contribution in [0.1, 0.15) is 27.5 Å². The lowest BCUT2D eigenvalue weighted by Gasteiger charge is -2.00. The number of nitrogens with one attached hydrogen (secondary N) is 1. The van der Waals surface area contributed by atoms with Gasteiger partial charge in [-0.1, -0.05) is 11.3 Å². The normalized spacial score (nSPS) is 10.4. The smallest absolute Gasteiger partial charge is 0.224 e. The first kappa shape index (κ1) is 13.6. The number of nitrogens with zero attached hydrogens (tertiary/aromatic N) is 3. The number of carbonyl (C=O) groups excluding carboxylic acids is 1. The van der Waals surface area contributed by atoms with Crippen molar-refractivity contribution in [3.8, 4) is 0 Å². The minimum absolute atomic E-state index is 0.144. The third-order valence-corrected chi connectivity index (χ3v) is 3.44. The van der Waals surface area contributed by atoms with Crippen molar-refractivity contribution in [3.05, 3.63) is 34.9 Å². The number of hydrogen-bond acceptors (Lipinski definition) is 7. The first-order valence-electron chi connectivity index (χ1n) is 5.94. The minimum atomic E-state index is -0.144. The highest BCUT2D eigenvalue weighted by Crippen LogP contribution is 2.21. The molecule has 0 aliphatic rings. The Morgan fingerprint density at radius 1 is 1.37 bits per heavy atom. The van der Waals surface area contributed by atoms with Crippen LogP contribution >= 0.6 is 11.3 Å². The second-order valence-electron chi connectivity index (χ2n) is 3.92. The molecule has 2 heterocycles. The van der Waals surface area contributed by atoms with Gasteiger partial charge >= 0.3 is 0 Å². The molecule has 2 aromatic heterocycles. The van der Waals surface area contributed by atoms with Crippen LogP contribution in [0.15, 0.2) is 18.6 Å². The molecule has 0 spiro atoms. The molecule has 0 aromatic carbocycles. The lowest BCUT2D eigenvalue weighted by Crippen LogP contribution is -2.08. The first-order chi connectivity index (χ1) is 9.22. The zero-order valence-corrected chi connectivity index (χ0v) is 11.4. The molecule has 0 radical (unpaired) electrons. The van der Waals surface area contributed by atoms with Crippen molar-refractivity contribution in [1.82, 2.24) is 15.0 Å². The molecule has 3 N–H and O–H groups in total. The summed E-state index contributed by atoms with van der Waals surface area (Å²) in [6.45, 7) is 3.15. The van der Waals surface area contributed by atoms with Crippen LogP contribution in [0.5, 0.6) is 0 Å². The van der Waals surface area contributed by atoms with Crippen molar-refractivity contribution in [2.45, 2.75) is 13.3 Å².